The second kappa shape index (κ2) is 8.18. The highest BCUT2D eigenvalue weighted by atomic mass is 16.5. The van der Waals surface area contributed by atoms with Gasteiger partial charge in [0.15, 0.2) is 5.69 Å². The Morgan fingerprint density at radius 1 is 1.36 bits per heavy atom. The molecule has 0 spiro atoms. The van der Waals surface area contributed by atoms with E-state index in [4.69, 9.17) is 9.47 Å². The minimum Gasteiger partial charge on any atom is -0.496 e. The van der Waals surface area contributed by atoms with Crippen molar-refractivity contribution in [3.05, 3.63) is 41.2 Å². The molecule has 2 rings (SSSR count). The molecule has 1 heterocycles. The molecule has 8 nitrogen and oxygen atoms in total. The second-order valence-corrected chi connectivity index (χ2v) is 5.34. The number of nitrogens with zero attached hydrogens (tertiary/aromatic N) is 2. The van der Waals surface area contributed by atoms with Gasteiger partial charge in [-0.25, -0.2) is 4.79 Å². The van der Waals surface area contributed by atoms with Crippen molar-refractivity contribution in [2.45, 2.75) is 19.9 Å². The lowest BCUT2D eigenvalue weighted by molar-refractivity contribution is 0.0682. The van der Waals surface area contributed by atoms with Gasteiger partial charge in [-0.3, -0.25) is 9.48 Å². The molecule has 1 aromatic carbocycles. The van der Waals surface area contributed by atoms with Crippen LogP contribution in [-0.4, -0.2) is 40.5 Å². The number of aryl methyl sites for hydroxylation is 1. The van der Waals surface area contributed by atoms with Gasteiger partial charge in [0.1, 0.15) is 11.5 Å². The molecule has 0 radical (unpaired) electrons. The first-order valence-electron chi connectivity index (χ1n) is 7.81. The van der Waals surface area contributed by atoms with Crippen molar-refractivity contribution >= 4 is 11.9 Å². The van der Waals surface area contributed by atoms with Gasteiger partial charge in [0.2, 0.25) is 0 Å². The van der Waals surface area contributed by atoms with Crippen LogP contribution in [0.15, 0.2) is 24.4 Å². The molecular formula is C17H21N3O5. The van der Waals surface area contributed by atoms with Crippen molar-refractivity contribution in [3.8, 4) is 11.5 Å². The summed E-state index contributed by atoms with van der Waals surface area (Å²) in [5, 5.41) is 15.8. The zero-order valence-corrected chi connectivity index (χ0v) is 14.4. The van der Waals surface area contributed by atoms with E-state index in [1.165, 1.54) is 25.0 Å². The molecule has 0 saturated heterocycles. The van der Waals surface area contributed by atoms with E-state index in [0.717, 1.165) is 6.42 Å². The van der Waals surface area contributed by atoms with Crippen LogP contribution in [0.3, 0.4) is 0 Å². The zero-order chi connectivity index (χ0) is 18.4. The Morgan fingerprint density at radius 2 is 2.12 bits per heavy atom. The monoisotopic (exact) mass is 347 g/mol. The van der Waals surface area contributed by atoms with Gasteiger partial charge in [-0.1, -0.05) is 6.92 Å². The Morgan fingerprint density at radius 3 is 2.76 bits per heavy atom. The highest BCUT2D eigenvalue weighted by Crippen LogP contribution is 2.25. The molecule has 2 N–H and O–H groups in total. The first kappa shape index (κ1) is 18.3. The van der Waals surface area contributed by atoms with Gasteiger partial charge in [0.25, 0.3) is 5.91 Å². The number of aromatic carboxylic acids is 1. The van der Waals surface area contributed by atoms with Crippen molar-refractivity contribution in [1.29, 1.82) is 0 Å². The number of aromatic nitrogens is 2. The topological polar surface area (TPSA) is 103 Å². The van der Waals surface area contributed by atoms with Crippen LogP contribution in [0.4, 0.5) is 0 Å². The molecule has 0 fully saturated rings. The summed E-state index contributed by atoms with van der Waals surface area (Å²) in [5.74, 6) is -0.468. The molecule has 0 atom stereocenters. The SMILES string of the molecule is CCCOc1ccc(C(=O)NCc2cnn(C)c2C(=O)O)c(OC)c1. The van der Waals surface area contributed by atoms with Crippen LogP contribution in [0, 0.1) is 0 Å². The van der Waals surface area contributed by atoms with E-state index in [0.29, 0.717) is 29.2 Å². The van der Waals surface area contributed by atoms with Crippen LogP contribution in [-0.2, 0) is 13.6 Å². The molecule has 8 heteroatoms. The summed E-state index contributed by atoms with van der Waals surface area (Å²) in [7, 11) is 3.01. The lowest BCUT2D eigenvalue weighted by atomic mass is 10.1. The third kappa shape index (κ3) is 4.28. The number of hydrogen-bond acceptors (Lipinski definition) is 5. The number of rotatable bonds is 8. The summed E-state index contributed by atoms with van der Waals surface area (Å²) in [6, 6.07) is 4.96. The number of carboxylic acids is 1. The number of carbonyl (C=O) groups excluding carboxylic acids is 1. The minimum atomic E-state index is -1.10. The van der Waals surface area contributed by atoms with Crippen molar-refractivity contribution in [3.63, 3.8) is 0 Å². The fourth-order valence-corrected chi connectivity index (χ4v) is 2.33. The molecule has 134 valence electrons. The maximum atomic E-state index is 12.4. The third-order valence-electron chi connectivity index (χ3n) is 3.55. The number of methoxy groups -OCH3 is 1. The van der Waals surface area contributed by atoms with Crippen LogP contribution in [0.2, 0.25) is 0 Å². The van der Waals surface area contributed by atoms with Crippen LogP contribution in [0.5, 0.6) is 11.5 Å². The number of ether oxygens (including phenoxy) is 2. The Hall–Kier alpha value is -3.03. The van der Waals surface area contributed by atoms with Crippen molar-refractivity contribution < 1.29 is 24.2 Å². The Bertz CT molecular complexity index is 770. The van der Waals surface area contributed by atoms with Crippen LogP contribution < -0.4 is 14.8 Å². The minimum absolute atomic E-state index is 0.0376. The molecule has 0 aliphatic carbocycles. The summed E-state index contributed by atoms with van der Waals surface area (Å²) in [6.45, 7) is 2.63. The molecule has 0 saturated carbocycles. The summed E-state index contributed by atoms with van der Waals surface area (Å²) in [5.41, 5.74) is 0.799. The largest absolute Gasteiger partial charge is 0.496 e. The van der Waals surface area contributed by atoms with Gasteiger partial charge in [-0.15, -0.1) is 0 Å². The number of amides is 1. The summed E-state index contributed by atoms with van der Waals surface area (Å²) < 4.78 is 12.0. The van der Waals surface area contributed by atoms with E-state index < -0.39 is 5.97 Å². The number of hydrogen-bond donors (Lipinski definition) is 2. The van der Waals surface area contributed by atoms with E-state index in [1.54, 1.807) is 18.2 Å². The number of nitrogens with one attached hydrogen (secondary N) is 1. The fourth-order valence-electron chi connectivity index (χ4n) is 2.33. The van der Waals surface area contributed by atoms with Gasteiger partial charge < -0.3 is 19.9 Å². The standard InChI is InChI=1S/C17H21N3O5/c1-4-7-25-12-5-6-13(14(8-12)24-3)16(21)18-9-11-10-19-20(2)15(11)17(22)23/h5-6,8,10H,4,7,9H2,1-3H3,(H,18,21)(H,22,23). The molecule has 0 unspecified atom stereocenters. The van der Waals surface area contributed by atoms with Crippen LogP contribution >= 0.6 is 0 Å². The average Bonchev–Trinajstić information content (AvgIpc) is 2.98. The zero-order valence-electron chi connectivity index (χ0n) is 14.4. The van der Waals surface area contributed by atoms with E-state index >= 15 is 0 Å². The maximum Gasteiger partial charge on any atom is 0.354 e. The predicted molar refractivity (Wildman–Crippen MR) is 90.1 cm³/mol. The number of carbonyl (C=O) groups is 2. The maximum absolute atomic E-state index is 12.4. The van der Waals surface area contributed by atoms with E-state index in [9.17, 15) is 14.7 Å². The van der Waals surface area contributed by atoms with Crippen molar-refractivity contribution in [2.24, 2.45) is 7.05 Å². The molecule has 25 heavy (non-hydrogen) atoms. The third-order valence-corrected chi connectivity index (χ3v) is 3.55. The van der Waals surface area contributed by atoms with Gasteiger partial charge in [-0.05, 0) is 18.6 Å². The summed E-state index contributed by atoms with van der Waals surface area (Å²) in [6.07, 6.45) is 2.30. The van der Waals surface area contributed by atoms with E-state index in [-0.39, 0.29) is 18.1 Å². The van der Waals surface area contributed by atoms with Gasteiger partial charge in [0.05, 0.1) is 25.5 Å². The first-order valence-corrected chi connectivity index (χ1v) is 7.81. The quantitative estimate of drug-likeness (QED) is 0.755. The van der Waals surface area contributed by atoms with Crippen molar-refractivity contribution in [2.75, 3.05) is 13.7 Å². The normalized spacial score (nSPS) is 10.4. The molecule has 0 bridgehead atoms. The van der Waals surface area contributed by atoms with Crippen molar-refractivity contribution in [1.82, 2.24) is 15.1 Å². The predicted octanol–water partition coefficient (Wildman–Crippen LogP) is 1.85. The molecule has 0 aliphatic rings. The highest BCUT2D eigenvalue weighted by molar-refractivity contribution is 5.97. The van der Waals surface area contributed by atoms with Crippen LogP contribution in [0.25, 0.3) is 0 Å². The lowest BCUT2D eigenvalue weighted by Gasteiger charge is -2.12. The van der Waals surface area contributed by atoms with Gasteiger partial charge >= 0.3 is 5.97 Å². The summed E-state index contributed by atoms with van der Waals surface area (Å²) >= 11 is 0. The highest BCUT2D eigenvalue weighted by Gasteiger charge is 2.18. The van der Waals surface area contributed by atoms with Gasteiger partial charge in [0, 0.05) is 25.2 Å². The number of benzene rings is 1. The summed E-state index contributed by atoms with van der Waals surface area (Å²) in [4.78, 5) is 23.6. The fraction of sp³-hybridized carbons (Fsp3) is 0.353. The molecule has 1 aromatic heterocycles. The molecular weight excluding hydrogens is 326 g/mol. The smallest absolute Gasteiger partial charge is 0.354 e. The molecule has 2 aromatic rings. The van der Waals surface area contributed by atoms with Gasteiger partial charge in [-0.2, -0.15) is 5.10 Å². The Balaban J connectivity index is 2.12. The van der Waals surface area contributed by atoms with E-state index in [1.807, 2.05) is 6.92 Å². The first-order chi connectivity index (χ1) is 12.0. The number of carboxylic acid groups (broad SMARTS) is 1. The molecule has 1 amide bonds. The van der Waals surface area contributed by atoms with E-state index in [2.05, 4.69) is 10.4 Å². The van der Waals surface area contributed by atoms with Crippen LogP contribution in [0.1, 0.15) is 39.8 Å². The Kier molecular flexibility index (Phi) is 5.99. The average molecular weight is 347 g/mol. The second-order valence-electron chi connectivity index (χ2n) is 5.34. The Labute approximate surface area is 145 Å². The molecule has 0 aliphatic heterocycles. The lowest BCUT2D eigenvalue weighted by Crippen LogP contribution is -2.24.